The van der Waals surface area contributed by atoms with E-state index in [1.54, 1.807) is 11.3 Å². The number of carbonyl (C=O) groups is 1. The molecule has 1 aromatic heterocycles. The summed E-state index contributed by atoms with van der Waals surface area (Å²) in [4.78, 5) is 16.7. The lowest BCUT2D eigenvalue weighted by atomic mass is 9.97. The second kappa shape index (κ2) is 7.88. The molecule has 2 aliphatic rings. The van der Waals surface area contributed by atoms with Gasteiger partial charge in [0, 0.05) is 24.4 Å². The second-order valence-corrected chi connectivity index (χ2v) is 7.12. The quantitative estimate of drug-likeness (QED) is 0.819. The van der Waals surface area contributed by atoms with E-state index in [1.165, 1.54) is 44.1 Å². The summed E-state index contributed by atoms with van der Waals surface area (Å²) in [5.41, 5.74) is 2.09. The standard InChI is InChI=1S/C17H25N3OS/c21-16(19-10-8-13-5-2-1-3-6-13)15-12-22-17(20-15)14-7-4-9-18-11-14/h5,12,14,18H,1-4,6-11H2,(H,19,21). The zero-order valence-electron chi connectivity index (χ0n) is 13.1. The van der Waals surface area contributed by atoms with Crippen molar-refractivity contribution >= 4 is 17.2 Å². The maximum atomic E-state index is 12.2. The Morgan fingerprint density at radius 3 is 3.14 bits per heavy atom. The van der Waals surface area contributed by atoms with Crippen LogP contribution in [0.3, 0.4) is 0 Å². The van der Waals surface area contributed by atoms with Crippen LogP contribution in [0.2, 0.25) is 0 Å². The monoisotopic (exact) mass is 319 g/mol. The number of piperidine rings is 1. The van der Waals surface area contributed by atoms with Gasteiger partial charge in [0.25, 0.3) is 5.91 Å². The fourth-order valence-corrected chi connectivity index (χ4v) is 4.14. The number of amides is 1. The first-order valence-corrected chi connectivity index (χ1v) is 9.33. The number of thiazole rings is 1. The Morgan fingerprint density at radius 2 is 2.36 bits per heavy atom. The molecule has 1 atom stereocenters. The van der Waals surface area contributed by atoms with Crippen molar-refractivity contribution in [2.45, 2.75) is 50.9 Å². The molecule has 0 radical (unpaired) electrons. The van der Waals surface area contributed by atoms with Crippen molar-refractivity contribution < 1.29 is 4.79 Å². The fourth-order valence-electron chi connectivity index (χ4n) is 3.20. The summed E-state index contributed by atoms with van der Waals surface area (Å²) in [5, 5.41) is 9.42. The maximum Gasteiger partial charge on any atom is 0.270 e. The van der Waals surface area contributed by atoms with Gasteiger partial charge in [-0.3, -0.25) is 4.79 Å². The third-order valence-electron chi connectivity index (χ3n) is 4.52. The highest BCUT2D eigenvalue weighted by atomic mass is 32.1. The molecule has 0 bridgehead atoms. The van der Waals surface area contributed by atoms with E-state index in [1.807, 2.05) is 5.38 Å². The van der Waals surface area contributed by atoms with E-state index in [2.05, 4.69) is 21.7 Å². The highest BCUT2D eigenvalue weighted by molar-refractivity contribution is 7.09. The molecule has 2 heterocycles. The van der Waals surface area contributed by atoms with Gasteiger partial charge in [0.15, 0.2) is 0 Å². The minimum Gasteiger partial charge on any atom is -0.350 e. The van der Waals surface area contributed by atoms with Gasteiger partial charge in [-0.15, -0.1) is 11.3 Å². The van der Waals surface area contributed by atoms with Crippen molar-refractivity contribution in [2.24, 2.45) is 0 Å². The number of hydrogen-bond acceptors (Lipinski definition) is 4. The smallest absolute Gasteiger partial charge is 0.270 e. The molecule has 1 saturated heterocycles. The van der Waals surface area contributed by atoms with Crippen LogP contribution >= 0.6 is 11.3 Å². The van der Waals surface area contributed by atoms with Crippen molar-refractivity contribution in [3.8, 4) is 0 Å². The van der Waals surface area contributed by atoms with E-state index >= 15 is 0 Å². The van der Waals surface area contributed by atoms with Gasteiger partial charge in [0.1, 0.15) is 5.69 Å². The van der Waals surface area contributed by atoms with Crippen LogP contribution in [-0.4, -0.2) is 30.5 Å². The molecule has 1 aliphatic heterocycles. The van der Waals surface area contributed by atoms with Gasteiger partial charge >= 0.3 is 0 Å². The summed E-state index contributed by atoms with van der Waals surface area (Å²) in [6.07, 6.45) is 10.7. The highest BCUT2D eigenvalue weighted by Crippen LogP contribution is 2.26. The molecule has 4 nitrogen and oxygen atoms in total. The van der Waals surface area contributed by atoms with Gasteiger partial charge in [-0.1, -0.05) is 11.6 Å². The topological polar surface area (TPSA) is 54.0 Å². The third-order valence-corrected chi connectivity index (χ3v) is 5.52. The fraction of sp³-hybridized carbons (Fsp3) is 0.647. The van der Waals surface area contributed by atoms with Crippen LogP contribution in [0.1, 0.15) is 66.4 Å². The summed E-state index contributed by atoms with van der Waals surface area (Å²) in [7, 11) is 0. The predicted octanol–water partition coefficient (Wildman–Crippen LogP) is 3.23. The van der Waals surface area contributed by atoms with Crippen LogP contribution in [0.5, 0.6) is 0 Å². The van der Waals surface area contributed by atoms with Crippen LogP contribution in [0.25, 0.3) is 0 Å². The lowest BCUT2D eigenvalue weighted by Crippen LogP contribution is -2.28. The number of rotatable bonds is 5. The predicted molar refractivity (Wildman–Crippen MR) is 90.5 cm³/mol. The van der Waals surface area contributed by atoms with Crippen molar-refractivity contribution in [2.75, 3.05) is 19.6 Å². The van der Waals surface area contributed by atoms with Gasteiger partial charge in [-0.05, 0) is 51.5 Å². The maximum absolute atomic E-state index is 12.2. The number of carbonyl (C=O) groups excluding carboxylic acids is 1. The lowest BCUT2D eigenvalue weighted by molar-refractivity contribution is 0.0949. The molecule has 0 spiro atoms. The molecule has 0 aromatic carbocycles. The molecule has 1 aliphatic carbocycles. The van der Waals surface area contributed by atoms with Crippen LogP contribution in [0.15, 0.2) is 17.0 Å². The number of nitrogens with one attached hydrogen (secondary N) is 2. The molecular weight excluding hydrogens is 294 g/mol. The Morgan fingerprint density at radius 1 is 1.41 bits per heavy atom. The molecule has 1 fully saturated rings. The van der Waals surface area contributed by atoms with Crippen LogP contribution in [0.4, 0.5) is 0 Å². The van der Waals surface area contributed by atoms with E-state index in [0.29, 0.717) is 11.6 Å². The first kappa shape index (κ1) is 15.7. The zero-order chi connectivity index (χ0) is 15.2. The van der Waals surface area contributed by atoms with Crippen LogP contribution < -0.4 is 10.6 Å². The molecular formula is C17H25N3OS. The second-order valence-electron chi connectivity index (χ2n) is 6.23. The Bertz CT molecular complexity index is 532. The Labute approximate surface area is 136 Å². The average Bonchev–Trinajstić information content (AvgIpc) is 3.07. The minimum absolute atomic E-state index is 0.0253. The third kappa shape index (κ3) is 4.17. The van der Waals surface area contributed by atoms with E-state index in [4.69, 9.17) is 0 Å². The number of allylic oxidation sites excluding steroid dienone is 1. The average molecular weight is 319 g/mol. The Hall–Kier alpha value is -1.20. The summed E-state index contributed by atoms with van der Waals surface area (Å²) < 4.78 is 0. The molecule has 1 amide bonds. The summed E-state index contributed by atoms with van der Waals surface area (Å²) >= 11 is 1.62. The van der Waals surface area contributed by atoms with Gasteiger partial charge in [-0.2, -0.15) is 0 Å². The van der Waals surface area contributed by atoms with Crippen molar-refractivity contribution in [3.05, 3.63) is 27.7 Å². The van der Waals surface area contributed by atoms with E-state index in [0.717, 1.165) is 31.1 Å². The Balaban J connectivity index is 1.47. The number of hydrogen-bond donors (Lipinski definition) is 2. The summed E-state index contributed by atoms with van der Waals surface area (Å²) in [6, 6.07) is 0. The van der Waals surface area contributed by atoms with Crippen molar-refractivity contribution in [1.29, 1.82) is 0 Å². The van der Waals surface area contributed by atoms with Crippen molar-refractivity contribution in [1.82, 2.24) is 15.6 Å². The van der Waals surface area contributed by atoms with Crippen molar-refractivity contribution in [3.63, 3.8) is 0 Å². The molecule has 1 aromatic rings. The summed E-state index contributed by atoms with van der Waals surface area (Å²) in [5.74, 6) is 0.454. The lowest BCUT2D eigenvalue weighted by Gasteiger charge is -2.20. The van der Waals surface area contributed by atoms with Crippen LogP contribution in [0, 0.1) is 0 Å². The number of nitrogens with zero attached hydrogens (tertiary/aromatic N) is 1. The molecule has 120 valence electrons. The molecule has 2 N–H and O–H groups in total. The van der Waals surface area contributed by atoms with E-state index in [-0.39, 0.29) is 5.91 Å². The summed E-state index contributed by atoms with van der Waals surface area (Å²) in [6.45, 7) is 2.82. The Kier molecular flexibility index (Phi) is 5.62. The SMILES string of the molecule is O=C(NCCC1=CCCCC1)c1csc(C2CCCNC2)n1. The molecule has 0 saturated carbocycles. The minimum atomic E-state index is -0.0253. The molecule has 5 heteroatoms. The van der Waals surface area contributed by atoms with E-state index in [9.17, 15) is 4.79 Å². The molecule has 1 unspecified atom stereocenters. The molecule has 3 rings (SSSR count). The van der Waals surface area contributed by atoms with E-state index < -0.39 is 0 Å². The first-order valence-electron chi connectivity index (χ1n) is 8.45. The van der Waals surface area contributed by atoms with Gasteiger partial charge in [0.05, 0.1) is 5.01 Å². The van der Waals surface area contributed by atoms with Crippen LogP contribution in [-0.2, 0) is 0 Å². The van der Waals surface area contributed by atoms with Gasteiger partial charge in [-0.25, -0.2) is 4.98 Å². The largest absolute Gasteiger partial charge is 0.350 e. The normalized spacial score (nSPS) is 22.2. The van der Waals surface area contributed by atoms with Gasteiger partial charge in [0.2, 0.25) is 0 Å². The van der Waals surface area contributed by atoms with Gasteiger partial charge < -0.3 is 10.6 Å². The molecule has 22 heavy (non-hydrogen) atoms. The number of aromatic nitrogens is 1. The first-order chi connectivity index (χ1) is 10.8. The zero-order valence-corrected chi connectivity index (χ0v) is 13.9. The highest BCUT2D eigenvalue weighted by Gasteiger charge is 2.20.